The molecule has 194 valence electrons. The summed E-state index contributed by atoms with van der Waals surface area (Å²) in [5.74, 6) is -1.07. The molecule has 0 aliphatic carbocycles. The van der Waals surface area contributed by atoms with Crippen molar-refractivity contribution in [3.63, 3.8) is 0 Å². The van der Waals surface area contributed by atoms with Gasteiger partial charge in [-0.25, -0.2) is 4.79 Å². The number of para-hydroxylation sites is 1. The third-order valence-corrected chi connectivity index (χ3v) is 6.24. The molecular weight excluding hydrogens is 542 g/mol. The van der Waals surface area contributed by atoms with Gasteiger partial charge in [-0.2, -0.15) is 5.26 Å². The summed E-state index contributed by atoms with van der Waals surface area (Å²) in [5.41, 5.74) is 8.36. The number of nitrogens with two attached hydrogens (primary N) is 1. The van der Waals surface area contributed by atoms with Crippen molar-refractivity contribution in [2.24, 2.45) is 5.73 Å². The highest BCUT2D eigenvalue weighted by Gasteiger charge is 2.38. The Bertz CT molecular complexity index is 1310. The number of nitrogens with one attached hydrogen (secondary N) is 1. The molecule has 2 aromatic carbocycles. The predicted molar refractivity (Wildman–Crippen MR) is 141 cm³/mol. The molecule has 0 bridgehead atoms. The lowest BCUT2D eigenvalue weighted by atomic mass is 9.83. The van der Waals surface area contributed by atoms with Gasteiger partial charge in [-0.1, -0.05) is 34.1 Å². The van der Waals surface area contributed by atoms with Crippen LogP contribution in [0.4, 0.5) is 5.69 Å². The third kappa shape index (κ3) is 6.24. The highest BCUT2D eigenvalue weighted by atomic mass is 79.9. The maximum atomic E-state index is 12.9. The van der Waals surface area contributed by atoms with Crippen molar-refractivity contribution in [1.82, 2.24) is 0 Å². The second-order valence-corrected chi connectivity index (χ2v) is 8.87. The van der Waals surface area contributed by atoms with Gasteiger partial charge in [-0.15, -0.1) is 0 Å². The van der Waals surface area contributed by atoms with E-state index < -0.39 is 11.9 Å². The van der Waals surface area contributed by atoms with Gasteiger partial charge >= 0.3 is 5.97 Å². The van der Waals surface area contributed by atoms with Gasteiger partial charge in [0.15, 0.2) is 18.1 Å². The largest absolute Gasteiger partial charge is 0.490 e. The van der Waals surface area contributed by atoms with E-state index in [2.05, 4.69) is 27.3 Å². The fourth-order valence-corrected chi connectivity index (χ4v) is 4.41. The van der Waals surface area contributed by atoms with E-state index in [-0.39, 0.29) is 41.9 Å². The third-order valence-electron chi connectivity index (χ3n) is 5.55. The number of nitrogens with zero attached hydrogens (tertiary/aromatic N) is 1. The molecule has 0 saturated carbocycles. The molecule has 0 saturated heterocycles. The highest BCUT2D eigenvalue weighted by Crippen LogP contribution is 2.45. The zero-order valence-corrected chi connectivity index (χ0v) is 22.6. The smallest absolute Gasteiger partial charge is 0.338 e. The molecular formula is C27H28BrN3O6. The topological polar surface area (TPSA) is 133 Å². The van der Waals surface area contributed by atoms with Gasteiger partial charge in [0.2, 0.25) is 5.88 Å². The first kappa shape index (κ1) is 27.6. The number of carbonyl (C=O) groups excluding carboxylic acids is 2. The summed E-state index contributed by atoms with van der Waals surface area (Å²) in [7, 11) is 0. The Labute approximate surface area is 224 Å². The first-order valence-corrected chi connectivity index (χ1v) is 12.4. The van der Waals surface area contributed by atoms with Crippen molar-refractivity contribution in [2.45, 2.75) is 33.6 Å². The van der Waals surface area contributed by atoms with Crippen molar-refractivity contribution >= 4 is 33.5 Å². The second-order valence-electron chi connectivity index (χ2n) is 8.02. The number of esters is 1. The van der Waals surface area contributed by atoms with Crippen LogP contribution in [0.15, 0.2) is 63.7 Å². The van der Waals surface area contributed by atoms with Crippen molar-refractivity contribution in [3.05, 3.63) is 74.8 Å². The first-order valence-electron chi connectivity index (χ1n) is 11.6. The van der Waals surface area contributed by atoms with E-state index in [1.54, 1.807) is 39.0 Å². The van der Waals surface area contributed by atoms with Gasteiger partial charge in [0, 0.05) is 10.2 Å². The number of halogens is 1. The molecule has 3 rings (SSSR count). The predicted octanol–water partition coefficient (Wildman–Crippen LogP) is 4.82. The second kappa shape index (κ2) is 12.3. The van der Waals surface area contributed by atoms with Gasteiger partial charge in [-0.3, -0.25) is 4.79 Å². The fraction of sp³-hybridized carbons (Fsp3) is 0.296. The highest BCUT2D eigenvalue weighted by molar-refractivity contribution is 9.10. The Balaban J connectivity index is 1.97. The number of aryl methyl sites for hydroxylation is 1. The molecule has 1 aliphatic rings. The Kier molecular flexibility index (Phi) is 9.20. The quantitative estimate of drug-likeness (QED) is 0.410. The number of rotatable bonds is 9. The molecule has 0 fully saturated rings. The standard InChI is InChI=1S/C27H28BrN3O6/c1-5-34-21-11-17(25-18(13-29)26(30)37-16(4)24(25)27(33)35-6-2)19(28)12-22(21)36-14-23(32)31-20-10-8-7-9-15(20)3/h7-12,25H,5-6,14,30H2,1-4H3,(H,31,32). The number of anilines is 1. The van der Waals surface area contributed by atoms with Gasteiger partial charge in [-0.05, 0) is 57.0 Å². The van der Waals surface area contributed by atoms with Crippen LogP contribution in [-0.2, 0) is 19.1 Å². The normalized spacial score (nSPS) is 15.0. The number of hydrogen-bond acceptors (Lipinski definition) is 8. The van der Waals surface area contributed by atoms with Crippen LogP contribution in [0.25, 0.3) is 0 Å². The van der Waals surface area contributed by atoms with E-state index >= 15 is 0 Å². The van der Waals surface area contributed by atoms with Crippen LogP contribution in [0.1, 0.15) is 37.8 Å². The van der Waals surface area contributed by atoms with Crippen LogP contribution in [-0.4, -0.2) is 31.7 Å². The maximum absolute atomic E-state index is 12.9. The van der Waals surface area contributed by atoms with E-state index in [0.717, 1.165) is 5.56 Å². The summed E-state index contributed by atoms with van der Waals surface area (Å²) in [6, 6.07) is 12.7. The Hall–Kier alpha value is -3.97. The van der Waals surface area contributed by atoms with Gasteiger partial charge in [0.1, 0.15) is 17.4 Å². The summed E-state index contributed by atoms with van der Waals surface area (Å²) < 4.78 is 22.8. The van der Waals surface area contributed by atoms with E-state index in [0.29, 0.717) is 33.8 Å². The molecule has 1 unspecified atom stereocenters. The number of allylic oxidation sites excluding steroid dienone is 2. The van der Waals surface area contributed by atoms with E-state index in [1.807, 2.05) is 25.1 Å². The fourth-order valence-electron chi connectivity index (χ4n) is 3.86. The van der Waals surface area contributed by atoms with Crippen LogP contribution in [0.5, 0.6) is 11.5 Å². The monoisotopic (exact) mass is 569 g/mol. The lowest BCUT2D eigenvalue weighted by molar-refractivity contribution is -0.139. The number of benzene rings is 2. The minimum absolute atomic E-state index is 0.0584. The minimum Gasteiger partial charge on any atom is -0.490 e. The lowest BCUT2D eigenvalue weighted by Crippen LogP contribution is -2.26. The average molecular weight is 570 g/mol. The van der Waals surface area contributed by atoms with Gasteiger partial charge in [0.25, 0.3) is 5.91 Å². The molecule has 9 nitrogen and oxygen atoms in total. The van der Waals surface area contributed by atoms with Crippen LogP contribution in [0, 0.1) is 18.3 Å². The molecule has 0 spiro atoms. The molecule has 1 aliphatic heterocycles. The van der Waals surface area contributed by atoms with Crippen LogP contribution in [0.3, 0.4) is 0 Å². The number of amides is 1. The molecule has 10 heteroatoms. The van der Waals surface area contributed by atoms with Crippen molar-refractivity contribution < 1.29 is 28.5 Å². The molecule has 2 aromatic rings. The van der Waals surface area contributed by atoms with E-state index in [4.69, 9.17) is 24.7 Å². The molecule has 3 N–H and O–H groups in total. The molecule has 1 atom stereocenters. The van der Waals surface area contributed by atoms with Crippen molar-refractivity contribution in [1.29, 1.82) is 5.26 Å². The SMILES string of the molecule is CCOC(=O)C1=C(C)OC(N)=C(C#N)C1c1cc(OCC)c(OCC(=O)Nc2ccccc2C)cc1Br. The van der Waals surface area contributed by atoms with Gasteiger partial charge < -0.3 is 30.0 Å². The Morgan fingerprint density at radius 1 is 1.14 bits per heavy atom. The maximum Gasteiger partial charge on any atom is 0.338 e. The minimum atomic E-state index is -0.871. The molecule has 0 radical (unpaired) electrons. The zero-order valence-electron chi connectivity index (χ0n) is 21.0. The number of carbonyl (C=O) groups is 2. The van der Waals surface area contributed by atoms with Gasteiger partial charge in [0.05, 0.1) is 24.7 Å². The van der Waals surface area contributed by atoms with Crippen molar-refractivity contribution in [2.75, 3.05) is 25.1 Å². The van der Waals surface area contributed by atoms with Crippen LogP contribution < -0.4 is 20.5 Å². The van der Waals surface area contributed by atoms with E-state index in [1.165, 1.54) is 0 Å². The van der Waals surface area contributed by atoms with Crippen LogP contribution >= 0.6 is 15.9 Å². The number of hydrogen-bond donors (Lipinski definition) is 2. The van der Waals surface area contributed by atoms with E-state index in [9.17, 15) is 14.9 Å². The summed E-state index contributed by atoms with van der Waals surface area (Å²) in [4.78, 5) is 25.4. The molecule has 0 aromatic heterocycles. The lowest BCUT2D eigenvalue weighted by Gasteiger charge is -2.28. The first-order chi connectivity index (χ1) is 17.7. The zero-order chi connectivity index (χ0) is 27.1. The number of ether oxygens (including phenoxy) is 4. The summed E-state index contributed by atoms with van der Waals surface area (Å²) in [6.45, 7) is 7.16. The molecule has 37 heavy (non-hydrogen) atoms. The Morgan fingerprint density at radius 2 is 1.84 bits per heavy atom. The average Bonchev–Trinajstić information content (AvgIpc) is 2.85. The molecule has 1 heterocycles. The summed E-state index contributed by atoms with van der Waals surface area (Å²) in [6.07, 6.45) is 0. The molecule has 1 amide bonds. The number of nitriles is 1. The summed E-state index contributed by atoms with van der Waals surface area (Å²) >= 11 is 3.53. The van der Waals surface area contributed by atoms with Crippen LogP contribution in [0.2, 0.25) is 0 Å². The summed E-state index contributed by atoms with van der Waals surface area (Å²) in [5, 5.41) is 12.7. The Morgan fingerprint density at radius 3 is 2.49 bits per heavy atom. The van der Waals surface area contributed by atoms with Crippen molar-refractivity contribution in [3.8, 4) is 17.6 Å².